The van der Waals surface area contributed by atoms with Crippen molar-refractivity contribution in [3.8, 4) is 0 Å². The molecule has 0 saturated heterocycles. The minimum Gasteiger partial charge on any atom is -0.481 e. The van der Waals surface area contributed by atoms with Crippen molar-refractivity contribution in [2.45, 2.75) is 91.4 Å². The van der Waals surface area contributed by atoms with E-state index in [0.717, 1.165) is 6.42 Å². The fraction of sp³-hybridized carbons (Fsp3) is 0.500. The average molecular weight is 425 g/mol. The van der Waals surface area contributed by atoms with Crippen molar-refractivity contribution in [1.82, 2.24) is 0 Å². The Morgan fingerprint density at radius 3 is 1.52 bits per heavy atom. The molecule has 0 aromatic heterocycles. The van der Waals surface area contributed by atoms with Gasteiger partial charge in [-0.1, -0.05) is 121 Å². The lowest BCUT2D eigenvalue weighted by Gasteiger charge is -2.06. The lowest BCUT2D eigenvalue weighted by Crippen LogP contribution is -2.03. The summed E-state index contributed by atoms with van der Waals surface area (Å²) >= 11 is 0. The van der Waals surface area contributed by atoms with Crippen molar-refractivity contribution in [2.24, 2.45) is 0 Å². The molecular weight excluding hydrogens is 384 g/mol. The van der Waals surface area contributed by atoms with Gasteiger partial charge in [0.2, 0.25) is 0 Å². The van der Waals surface area contributed by atoms with Crippen LogP contribution in [0.2, 0.25) is 0 Å². The van der Waals surface area contributed by atoms with Crippen LogP contribution in [0, 0.1) is 0 Å². The zero-order valence-electron chi connectivity index (χ0n) is 19.7. The molecule has 0 fully saturated rings. The number of ketones is 1. The molecule has 0 saturated carbocycles. The molecule has 0 amide bonds. The molecule has 2 aromatic rings. The molecule has 0 spiro atoms. The maximum absolute atomic E-state index is 12.6. The highest BCUT2D eigenvalue weighted by Gasteiger charge is 2.09. The summed E-state index contributed by atoms with van der Waals surface area (Å²) in [6, 6.07) is 14.7. The number of hydrogen-bond acceptors (Lipinski definition) is 2. The quantitative estimate of drug-likeness (QED) is 0.265. The summed E-state index contributed by atoms with van der Waals surface area (Å²) in [5, 5.41) is 8.82. The van der Waals surface area contributed by atoms with Gasteiger partial charge in [-0.25, -0.2) is 0 Å². The highest BCUT2D eigenvalue weighted by molar-refractivity contribution is 6.09. The number of carbonyl (C=O) groups excluding carboxylic acids is 1. The summed E-state index contributed by atoms with van der Waals surface area (Å²) in [6.45, 7) is 6.50. The Morgan fingerprint density at radius 2 is 1.06 bits per heavy atom. The lowest BCUT2D eigenvalue weighted by atomic mass is 9.98. The average Bonchev–Trinajstić information content (AvgIpc) is 2.76. The van der Waals surface area contributed by atoms with E-state index in [1.165, 1.54) is 63.4 Å². The summed E-state index contributed by atoms with van der Waals surface area (Å²) < 4.78 is 0. The third-order valence-electron chi connectivity index (χ3n) is 5.11. The molecule has 0 aliphatic heterocycles. The second kappa shape index (κ2) is 16.3. The summed E-state index contributed by atoms with van der Waals surface area (Å²) in [4.78, 5) is 23.3. The fourth-order valence-corrected chi connectivity index (χ4v) is 3.40. The lowest BCUT2D eigenvalue weighted by molar-refractivity contribution is -0.136. The number of carboxylic acid groups (broad SMARTS) is 1. The number of carbonyl (C=O) groups is 2. The number of benzene rings is 2. The van der Waals surface area contributed by atoms with Crippen LogP contribution in [-0.4, -0.2) is 16.9 Å². The maximum Gasteiger partial charge on any atom is 0.307 e. The molecule has 0 atom stereocenters. The van der Waals surface area contributed by atoms with Gasteiger partial charge in [-0.2, -0.15) is 0 Å². The first-order valence-corrected chi connectivity index (χ1v) is 12.0. The monoisotopic (exact) mass is 424 g/mol. The van der Waals surface area contributed by atoms with Crippen LogP contribution in [0.4, 0.5) is 0 Å². The van der Waals surface area contributed by atoms with E-state index in [1.807, 2.05) is 24.3 Å². The fourth-order valence-electron chi connectivity index (χ4n) is 3.40. The van der Waals surface area contributed by atoms with E-state index in [9.17, 15) is 9.59 Å². The van der Waals surface area contributed by atoms with Crippen LogP contribution in [0.3, 0.4) is 0 Å². The molecule has 0 heterocycles. The molecule has 0 aliphatic rings. The smallest absolute Gasteiger partial charge is 0.307 e. The molecule has 0 aliphatic carbocycles. The molecule has 170 valence electrons. The van der Waals surface area contributed by atoms with E-state index in [4.69, 9.17) is 5.11 Å². The van der Waals surface area contributed by atoms with Crippen LogP contribution in [-0.2, 0) is 17.6 Å². The number of carboxylic acids is 1. The summed E-state index contributed by atoms with van der Waals surface area (Å²) in [5.41, 5.74) is 3.24. The number of aryl methyl sites for hydroxylation is 1. The van der Waals surface area contributed by atoms with Crippen molar-refractivity contribution in [3.63, 3.8) is 0 Å². The molecule has 31 heavy (non-hydrogen) atoms. The number of rotatable bonds is 13. The van der Waals surface area contributed by atoms with Crippen LogP contribution in [0.25, 0.3) is 0 Å². The zero-order valence-corrected chi connectivity index (χ0v) is 19.7. The minimum absolute atomic E-state index is 0.0259. The van der Waals surface area contributed by atoms with E-state index < -0.39 is 5.97 Å². The van der Waals surface area contributed by atoms with Crippen LogP contribution in [0.1, 0.15) is 106 Å². The molecule has 0 unspecified atom stereocenters. The topological polar surface area (TPSA) is 54.4 Å². The standard InChI is InChI=1S/C25H32O3.C3H8/c1-2-3-4-5-6-7-8-9-10-20-11-15-22(16-12-20)25(28)23-17-13-21(14-18-23)19-24(26)27;1-3-2/h11-18H,2-10,19H2,1H3,(H,26,27);3H2,1-2H3. The molecule has 1 N–H and O–H groups in total. The first kappa shape index (κ1) is 26.6. The molecule has 3 heteroatoms. The SMILES string of the molecule is CCC.CCCCCCCCCCc1ccc(C(=O)c2ccc(CC(=O)O)cc2)cc1. The third-order valence-corrected chi connectivity index (χ3v) is 5.11. The van der Waals surface area contributed by atoms with E-state index in [0.29, 0.717) is 16.7 Å². The molecule has 3 nitrogen and oxygen atoms in total. The van der Waals surface area contributed by atoms with Gasteiger partial charge in [0.05, 0.1) is 6.42 Å². The van der Waals surface area contributed by atoms with Crippen molar-refractivity contribution in [2.75, 3.05) is 0 Å². The van der Waals surface area contributed by atoms with Crippen molar-refractivity contribution < 1.29 is 14.7 Å². The summed E-state index contributed by atoms with van der Waals surface area (Å²) in [5.74, 6) is -0.897. The predicted octanol–water partition coefficient (Wildman–Crippen LogP) is 7.64. The Morgan fingerprint density at radius 1 is 0.645 bits per heavy atom. The van der Waals surface area contributed by atoms with Crippen LogP contribution >= 0.6 is 0 Å². The van der Waals surface area contributed by atoms with Gasteiger partial charge in [0.25, 0.3) is 0 Å². The predicted molar refractivity (Wildman–Crippen MR) is 130 cm³/mol. The number of aliphatic carboxylic acids is 1. The zero-order chi connectivity index (χ0) is 22.9. The van der Waals surface area contributed by atoms with Gasteiger partial charge in [-0.3, -0.25) is 9.59 Å². The minimum atomic E-state index is -0.869. The van der Waals surface area contributed by atoms with Crippen molar-refractivity contribution in [3.05, 3.63) is 70.8 Å². The molecule has 2 aromatic carbocycles. The maximum atomic E-state index is 12.6. The van der Waals surface area contributed by atoms with Gasteiger partial charge >= 0.3 is 5.97 Å². The van der Waals surface area contributed by atoms with E-state index >= 15 is 0 Å². The first-order chi connectivity index (χ1) is 15.0. The van der Waals surface area contributed by atoms with Crippen molar-refractivity contribution in [1.29, 1.82) is 0 Å². The van der Waals surface area contributed by atoms with Crippen LogP contribution < -0.4 is 0 Å². The highest BCUT2D eigenvalue weighted by atomic mass is 16.4. The Hall–Kier alpha value is -2.42. The second-order valence-electron chi connectivity index (χ2n) is 8.23. The van der Waals surface area contributed by atoms with E-state index in [2.05, 4.69) is 20.8 Å². The van der Waals surface area contributed by atoms with Gasteiger partial charge in [-0.05, 0) is 24.0 Å². The first-order valence-electron chi connectivity index (χ1n) is 12.0. The van der Waals surface area contributed by atoms with Gasteiger partial charge in [0.15, 0.2) is 5.78 Å². The summed E-state index contributed by atoms with van der Waals surface area (Å²) in [7, 11) is 0. The largest absolute Gasteiger partial charge is 0.481 e. The van der Waals surface area contributed by atoms with Crippen LogP contribution in [0.5, 0.6) is 0 Å². The van der Waals surface area contributed by atoms with E-state index in [-0.39, 0.29) is 12.2 Å². The Balaban J connectivity index is 0.00000151. The molecular formula is C28H40O3. The van der Waals surface area contributed by atoms with E-state index in [1.54, 1.807) is 24.3 Å². The highest BCUT2D eigenvalue weighted by Crippen LogP contribution is 2.15. The van der Waals surface area contributed by atoms with Gasteiger partial charge < -0.3 is 5.11 Å². The third kappa shape index (κ3) is 11.5. The second-order valence-corrected chi connectivity index (χ2v) is 8.23. The van der Waals surface area contributed by atoms with Crippen LogP contribution in [0.15, 0.2) is 48.5 Å². The number of unbranched alkanes of at least 4 members (excludes halogenated alkanes) is 7. The molecule has 0 bridgehead atoms. The van der Waals surface area contributed by atoms with Gasteiger partial charge in [-0.15, -0.1) is 0 Å². The molecule has 0 radical (unpaired) electrons. The number of hydrogen-bond donors (Lipinski definition) is 1. The Labute approximate surface area is 188 Å². The Kier molecular flexibility index (Phi) is 14.0. The Bertz CT molecular complexity index is 745. The summed E-state index contributed by atoms with van der Waals surface area (Å²) in [6.07, 6.45) is 12.8. The van der Waals surface area contributed by atoms with Crippen molar-refractivity contribution >= 4 is 11.8 Å². The normalized spacial score (nSPS) is 10.3. The van der Waals surface area contributed by atoms with Gasteiger partial charge in [0, 0.05) is 11.1 Å². The van der Waals surface area contributed by atoms with Gasteiger partial charge in [0.1, 0.15) is 0 Å². The molecule has 2 rings (SSSR count).